The van der Waals surface area contributed by atoms with Gasteiger partial charge in [-0.05, 0) is 0 Å². The number of rotatable bonds is 0. The maximum atomic E-state index is 2.27. The first-order chi connectivity index (χ1) is 2.73. The largest absolute Gasteiger partial charge is 1.00 e. The minimum absolute atomic E-state index is 0. The van der Waals surface area contributed by atoms with Crippen molar-refractivity contribution in [2.45, 2.75) is 13.8 Å². The second kappa shape index (κ2) is 2.10. The maximum absolute atomic E-state index is 2.27. The summed E-state index contributed by atoms with van der Waals surface area (Å²) in [6.07, 6.45) is 2.27. The van der Waals surface area contributed by atoms with Crippen molar-refractivity contribution in [3.63, 3.8) is 0 Å². The molecule has 0 aromatic heterocycles. The summed E-state index contributed by atoms with van der Waals surface area (Å²) in [6, 6.07) is 0. The van der Waals surface area contributed by atoms with Crippen molar-refractivity contribution >= 4 is 10.9 Å². The van der Waals surface area contributed by atoms with Crippen LogP contribution in [-0.2, 0) is 10.9 Å². The topological polar surface area (TPSA) is 0 Å². The lowest BCUT2D eigenvalue weighted by atomic mass is 10.6. The Morgan fingerprint density at radius 3 is 1.29 bits per heavy atom. The number of hydrogen-bond donors (Lipinski definition) is 0. The molecule has 0 radical (unpaired) electrons. The standard InChI is InChI=1S/C5H9S.ClH/c1-4-5(2)6(4)3;/h1-3H3;1H/q+1;/p-1. The van der Waals surface area contributed by atoms with Crippen molar-refractivity contribution in [3.05, 3.63) is 9.81 Å². The Balaban J connectivity index is 0.000000360. The van der Waals surface area contributed by atoms with Gasteiger partial charge in [0.05, 0.1) is 10.9 Å². The molecule has 2 heteroatoms. The second-order valence-corrected chi connectivity index (χ2v) is 3.87. The van der Waals surface area contributed by atoms with E-state index in [0.29, 0.717) is 10.9 Å². The molecule has 0 unspecified atom stereocenters. The van der Waals surface area contributed by atoms with Gasteiger partial charge in [-0.15, -0.1) is 0 Å². The number of allylic oxidation sites excluding steroid dienone is 2. The smallest absolute Gasteiger partial charge is 0.184 e. The molecular weight excluding hydrogens is 128 g/mol. The van der Waals surface area contributed by atoms with Crippen LogP contribution in [-0.4, -0.2) is 6.26 Å². The molecule has 0 saturated heterocycles. The van der Waals surface area contributed by atoms with Crippen LogP contribution >= 0.6 is 0 Å². The SMILES string of the molecule is CC1=C(C)[S+]1C.[Cl-]. The van der Waals surface area contributed by atoms with Crippen LogP contribution in [0.4, 0.5) is 0 Å². The van der Waals surface area contributed by atoms with Gasteiger partial charge in [0.15, 0.2) is 9.81 Å². The Hall–Kier alpha value is 0.380. The highest BCUT2D eigenvalue weighted by Gasteiger charge is 2.38. The lowest BCUT2D eigenvalue weighted by Gasteiger charge is -1.60. The zero-order valence-electron chi connectivity index (χ0n) is 4.79. The van der Waals surface area contributed by atoms with Crippen molar-refractivity contribution in [3.8, 4) is 0 Å². The molecule has 1 rings (SSSR count). The van der Waals surface area contributed by atoms with Crippen LogP contribution < -0.4 is 12.4 Å². The summed E-state index contributed by atoms with van der Waals surface area (Å²) < 4.78 is 0. The summed E-state index contributed by atoms with van der Waals surface area (Å²) in [6.45, 7) is 4.41. The fraction of sp³-hybridized carbons (Fsp3) is 0.600. The highest BCUT2D eigenvalue weighted by molar-refractivity contribution is 8.09. The van der Waals surface area contributed by atoms with Crippen molar-refractivity contribution in [1.82, 2.24) is 0 Å². The molecule has 7 heavy (non-hydrogen) atoms. The summed E-state index contributed by atoms with van der Waals surface area (Å²) in [5.74, 6) is 0. The van der Waals surface area contributed by atoms with E-state index in [1.807, 2.05) is 0 Å². The van der Waals surface area contributed by atoms with E-state index < -0.39 is 0 Å². The Labute approximate surface area is 53.7 Å². The molecule has 0 saturated carbocycles. The van der Waals surface area contributed by atoms with Gasteiger partial charge >= 0.3 is 0 Å². The Morgan fingerprint density at radius 1 is 1.14 bits per heavy atom. The van der Waals surface area contributed by atoms with Crippen LogP contribution in [0.2, 0.25) is 0 Å². The van der Waals surface area contributed by atoms with Gasteiger partial charge in [-0.3, -0.25) is 0 Å². The zero-order chi connectivity index (χ0) is 4.73. The number of halogens is 1. The Morgan fingerprint density at radius 2 is 1.29 bits per heavy atom. The first-order valence-corrected chi connectivity index (χ1v) is 3.70. The summed E-state index contributed by atoms with van der Waals surface area (Å²) in [5.41, 5.74) is 0. The molecule has 42 valence electrons. The fourth-order valence-corrected chi connectivity index (χ4v) is 1.60. The summed E-state index contributed by atoms with van der Waals surface area (Å²) in [5, 5.41) is 0. The molecule has 1 heterocycles. The normalized spacial score (nSPS) is 19.3. The average molecular weight is 137 g/mol. The Bertz CT molecular complexity index is 94.6. The molecule has 0 amide bonds. The van der Waals surface area contributed by atoms with E-state index >= 15 is 0 Å². The lowest BCUT2D eigenvalue weighted by Crippen LogP contribution is -3.00. The van der Waals surface area contributed by atoms with E-state index in [1.165, 1.54) is 0 Å². The van der Waals surface area contributed by atoms with E-state index in [0.717, 1.165) is 0 Å². The quantitative estimate of drug-likeness (QED) is 0.356. The molecule has 0 aromatic carbocycles. The first-order valence-electron chi connectivity index (χ1n) is 2.07. The van der Waals surface area contributed by atoms with Gasteiger partial charge in [0.2, 0.25) is 0 Å². The van der Waals surface area contributed by atoms with Gasteiger partial charge in [-0.1, -0.05) is 0 Å². The highest BCUT2D eigenvalue weighted by Crippen LogP contribution is 2.34. The van der Waals surface area contributed by atoms with E-state index in [1.54, 1.807) is 9.81 Å². The van der Waals surface area contributed by atoms with Gasteiger partial charge in [0, 0.05) is 13.8 Å². The van der Waals surface area contributed by atoms with Crippen molar-refractivity contribution < 1.29 is 12.4 Å². The van der Waals surface area contributed by atoms with Crippen LogP contribution in [0.1, 0.15) is 13.8 Å². The second-order valence-electron chi connectivity index (χ2n) is 1.62. The molecule has 1 aliphatic heterocycles. The third-order valence-corrected chi connectivity index (χ3v) is 3.62. The van der Waals surface area contributed by atoms with Crippen LogP contribution in [0.5, 0.6) is 0 Å². The summed E-state index contributed by atoms with van der Waals surface area (Å²) in [7, 11) is 0.633. The van der Waals surface area contributed by atoms with Crippen molar-refractivity contribution in [2.75, 3.05) is 6.26 Å². The predicted molar refractivity (Wildman–Crippen MR) is 31.7 cm³/mol. The molecule has 0 nitrogen and oxygen atoms in total. The summed E-state index contributed by atoms with van der Waals surface area (Å²) in [4.78, 5) is 3.24. The van der Waals surface area contributed by atoms with Crippen LogP contribution in [0.15, 0.2) is 9.81 Å². The van der Waals surface area contributed by atoms with Gasteiger partial charge in [0.1, 0.15) is 6.26 Å². The predicted octanol–water partition coefficient (Wildman–Crippen LogP) is -1.50. The zero-order valence-corrected chi connectivity index (χ0v) is 6.36. The molecule has 1 aliphatic rings. The van der Waals surface area contributed by atoms with E-state index in [-0.39, 0.29) is 12.4 Å². The van der Waals surface area contributed by atoms with Crippen LogP contribution in [0.3, 0.4) is 0 Å². The molecule has 0 aromatic rings. The lowest BCUT2D eigenvalue weighted by molar-refractivity contribution is -0.00000137. The van der Waals surface area contributed by atoms with Crippen molar-refractivity contribution in [1.29, 1.82) is 0 Å². The highest BCUT2D eigenvalue weighted by atomic mass is 35.5. The first kappa shape index (κ1) is 7.38. The maximum Gasteiger partial charge on any atom is 0.184 e. The minimum atomic E-state index is 0. The third-order valence-electron chi connectivity index (χ3n) is 1.37. The number of hydrogen-bond acceptors (Lipinski definition) is 0. The van der Waals surface area contributed by atoms with Gasteiger partial charge < -0.3 is 12.4 Å². The molecule has 0 N–H and O–H groups in total. The minimum Gasteiger partial charge on any atom is -1.00 e. The monoisotopic (exact) mass is 136 g/mol. The molecule has 0 aliphatic carbocycles. The van der Waals surface area contributed by atoms with Crippen molar-refractivity contribution in [2.24, 2.45) is 0 Å². The average Bonchev–Trinajstić information content (AvgIpc) is 1.94. The Kier molecular flexibility index (Phi) is 2.21. The van der Waals surface area contributed by atoms with Gasteiger partial charge in [0.25, 0.3) is 0 Å². The van der Waals surface area contributed by atoms with E-state index in [2.05, 4.69) is 20.1 Å². The van der Waals surface area contributed by atoms with Gasteiger partial charge in [-0.2, -0.15) is 0 Å². The molecule has 0 bridgehead atoms. The molecule has 0 atom stereocenters. The summed E-state index contributed by atoms with van der Waals surface area (Å²) >= 11 is 0. The van der Waals surface area contributed by atoms with Crippen LogP contribution in [0.25, 0.3) is 0 Å². The molecular formula is C5H9ClS. The van der Waals surface area contributed by atoms with E-state index in [9.17, 15) is 0 Å². The van der Waals surface area contributed by atoms with Gasteiger partial charge in [-0.25, -0.2) is 0 Å². The van der Waals surface area contributed by atoms with E-state index in [4.69, 9.17) is 0 Å². The van der Waals surface area contributed by atoms with Crippen LogP contribution in [0, 0.1) is 0 Å². The molecule has 0 spiro atoms. The molecule has 0 fully saturated rings. The fourth-order valence-electron chi connectivity index (χ4n) is 0.450. The third kappa shape index (κ3) is 1.14.